The molecule has 5 nitrogen and oxygen atoms in total. The summed E-state index contributed by atoms with van der Waals surface area (Å²) in [5.74, 6) is 1.01. The molecule has 1 aromatic carbocycles. The summed E-state index contributed by atoms with van der Waals surface area (Å²) in [5, 5.41) is 0. The highest BCUT2D eigenvalue weighted by Crippen LogP contribution is 2.31. The Hall–Kier alpha value is -2.01. The Morgan fingerprint density at radius 1 is 1.04 bits per heavy atom. The van der Waals surface area contributed by atoms with E-state index in [0.717, 1.165) is 32.2 Å². The predicted octanol–water partition coefficient (Wildman–Crippen LogP) is 3.35. The van der Waals surface area contributed by atoms with Crippen LogP contribution in [0.5, 0.6) is 11.5 Å². The van der Waals surface area contributed by atoms with Gasteiger partial charge < -0.3 is 14.4 Å². The lowest BCUT2D eigenvalue weighted by Gasteiger charge is -2.40. The van der Waals surface area contributed by atoms with Gasteiger partial charge in [0, 0.05) is 44.5 Å². The fourth-order valence-corrected chi connectivity index (χ4v) is 4.04. The van der Waals surface area contributed by atoms with E-state index in [4.69, 9.17) is 9.47 Å². The Morgan fingerprint density at radius 3 is 2.42 bits per heavy atom. The fraction of sp³-hybridized carbons (Fsp3) is 0.571. The van der Waals surface area contributed by atoms with Crippen LogP contribution >= 0.6 is 0 Å². The maximum Gasteiger partial charge on any atom is 0.191 e. The summed E-state index contributed by atoms with van der Waals surface area (Å²) in [4.78, 5) is 17.5. The second kappa shape index (κ2) is 9.08. The summed E-state index contributed by atoms with van der Waals surface area (Å²) >= 11 is 0. The number of carbonyl (C=O) groups is 1. The van der Waals surface area contributed by atoms with E-state index in [1.807, 2.05) is 12.3 Å². The van der Waals surface area contributed by atoms with Crippen molar-refractivity contribution in [3.05, 3.63) is 36.0 Å². The van der Waals surface area contributed by atoms with Crippen LogP contribution in [0.2, 0.25) is 0 Å². The molecule has 1 saturated carbocycles. The number of ketones is 1. The molecule has 0 unspecified atom stereocenters. The van der Waals surface area contributed by atoms with Crippen molar-refractivity contribution in [2.24, 2.45) is 0 Å². The van der Waals surface area contributed by atoms with E-state index in [0.29, 0.717) is 17.1 Å². The Labute approximate surface area is 156 Å². The van der Waals surface area contributed by atoms with E-state index in [1.54, 1.807) is 32.4 Å². The molecular formula is C21H30N2O3. The van der Waals surface area contributed by atoms with Crippen LogP contribution < -0.4 is 9.47 Å². The van der Waals surface area contributed by atoms with Crippen molar-refractivity contribution < 1.29 is 14.3 Å². The van der Waals surface area contributed by atoms with Gasteiger partial charge in [-0.25, -0.2) is 0 Å². The summed E-state index contributed by atoms with van der Waals surface area (Å²) in [7, 11) is 3.14. The lowest BCUT2D eigenvalue weighted by atomic mass is 9.94. The van der Waals surface area contributed by atoms with Gasteiger partial charge >= 0.3 is 0 Å². The van der Waals surface area contributed by atoms with Crippen molar-refractivity contribution in [2.75, 3.05) is 40.4 Å². The minimum atomic E-state index is -0.0598. The van der Waals surface area contributed by atoms with Crippen LogP contribution in [-0.2, 0) is 0 Å². The molecule has 0 radical (unpaired) electrons. The minimum Gasteiger partial charge on any atom is -0.493 e. The van der Waals surface area contributed by atoms with Crippen molar-refractivity contribution in [1.29, 1.82) is 0 Å². The topological polar surface area (TPSA) is 42.0 Å². The smallest absolute Gasteiger partial charge is 0.191 e. The second-order valence-corrected chi connectivity index (χ2v) is 7.08. The molecule has 1 aliphatic heterocycles. The largest absolute Gasteiger partial charge is 0.493 e. The van der Waals surface area contributed by atoms with E-state index >= 15 is 0 Å². The first-order chi connectivity index (χ1) is 12.7. The third-order valence-electron chi connectivity index (χ3n) is 5.55. The second-order valence-electron chi connectivity index (χ2n) is 7.08. The molecule has 0 amide bonds. The summed E-state index contributed by atoms with van der Waals surface area (Å²) in [6.45, 7) is 4.14. The Kier molecular flexibility index (Phi) is 6.56. The molecule has 0 aromatic heterocycles. The van der Waals surface area contributed by atoms with Crippen LogP contribution in [0.25, 0.3) is 0 Å². The summed E-state index contributed by atoms with van der Waals surface area (Å²) in [6, 6.07) is 6.15. The minimum absolute atomic E-state index is 0.0598. The highest BCUT2D eigenvalue weighted by molar-refractivity contribution is 6.07. The van der Waals surface area contributed by atoms with Crippen LogP contribution in [-0.4, -0.2) is 62.0 Å². The van der Waals surface area contributed by atoms with Gasteiger partial charge in [0.05, 0.1) is 19.8 Å². The number of benzene rings is 1. The summed E-state index contributed by atoms with van der Waals surface area (Å²) in [5.41, 5.74) is 0.531. The number of hydrogen-bond donors (Lipinski definition) is 0. The number of para-hydroxylation sites is 1. The van der Waals surface area contributed by atoms with Crippen LogP contribution in [0.15, 0.2) is 30.5 Å². The number of ether oxygens (including phenoxy) is 2. The molecule has 2 fully saturated rings. The molecule has 26 heavy (non-hydrogen) atoms. The quantitative estimate of drug-likeness (QED) is 0.576. The van der Waals surface area contributed by atoms with Crippen molar-refractivity contribution in [3.63, 3.8) is 0 Å². The molecule has 3 rings (SSSR count). The molecule has 0 atom stereocenters. The van der Waals surface area contributed by atoms with Gasteiger partial charge in [0.1, 0.15) is 0 Å². The third kappa shape index (κ3) is 4.39. The average Bonchev–Trinajstić information content (AvgIpc) is 2.72. The SMILES string of the molecule is COc1cccc(C(=O)C=CN2CCN(C3CCCCC3)CC2)c1OC. The van der Waals surface area contributed by atoms with E-state index in [9.17, 15) is 4.79 Å². The number of rotatable bonds is 6. The standard InChI is InChI=1S/C21H30N2O3/c1-25-20-10-6-9-18(21(20)26-2)19(24)11-12-22-13-15-23(16-14-22)17-7-4-3-5-8-17/h6,9-12,17H,3-5,7-8,13-16H2,1-2H3. The molecule has 1 heterocycles. The first-order valence-electron chi connectivity index (χ1n) is 9.64. The maximum atomic E-state index is 12.6. The van der Waals surface area contributed by atoms with Crippen LogP contribution in [0.1, 0.15) is 42.5 Å². The van der Waals surface area contributed by atoms with E-state index in [1.165, 1.54) is 32.1 Å². The van der Waals surface area contributed by atoms with E-state index in [2.05, 4.69) is 9.80 Å². The zero-order valence-corrected chi connectivity index (χ0v) is 15.9. The van der Waals surface area contributed by atoms with Gasteiger partial charge in [0.15, 0.2) is 17.3 Å². The van der Waals surface area contributed by atoms with Gasteiger partial charge in [-0.1, -0.05) is 25.3 Å². The number of carbonyl (C=O) groups excluding carboxylic acids is 1. The number of allylic oxidation sites excluding steroid dienone is 1. The Morgan fingerprint density at radius 2 is 1.77 bits per heavy atom. The highest BCUT2D eigenvalue weighted by atomic mass is 16.5. The monoisotopic (exact) mass is 358 g/mol. The zero-order chi connectivity index (χ0) is 18.4. The molecule has 0 N–H and O–H groups in total. The van der Waals surface area contributed by atoms with Gasteiger partial charge in [-0.2, -0.15) is 0 Å². The predicted molar refractivity (Wildman–Crippen MR) is 103 cm³/mol. The lowest BCUT2D eigenvalue weighted by molar-refractivity contribution is 0.0976. The third-order valence-corrected chi connectivity index (χ3v) is 5.55. The van der Waals surface area contributed by atoms with Gasteiger partial charge in [0.2, 0.25) is 0 Å². The summed E-state index contributed by atoms with van der Waals surface area (Å²) in [6.07, 6.45) is 10.4. The summed E-state index contributed by atoms with van der Waals surface area (Å²) < 4.78 is 10.6. The van der Waals surface area contributed by atoms with Crippen LogP contribution in [0.4, 0.5) is 0 Å². The van der Waals surface area contributed by atoms with E-state index in [-0.39, 0.29) is 5.78 Å². The number of methoxy groups -OCH3 is 2. The molecule has 142 valence electrons. The molecule has 0 bridgehead atoms. The van der Waals surface area contributed by atoms with Crippen molar-refractivity contribution in [2.45, 2.75) is 38.1 Å². The van der Waals surface area contributed by atoms with Crippen molar-refractivity contribution in [1.82, 2.24) is 9.80 Å². The molecule has 1 aromatic rings. The first-order valence-corrected chi connectivity index (χ1v) is 9.64. The Bertz CT molecular complexity index is 630. The molecule has 0 spiro atoms. The average molecular weight is 358 g/mol. The van der Waals surface area contributed by atoms with Gasteiger partial charge in [-0.15, -0.1) is 0 Å². The zero-order valence-electron chi connectivity index (χ0n) is 15.9. The number of piperazine rings is 1. The van der Waals surface area contributed by atoms with Crippen molar-refractivity contribution >= 4 is 5.78 Å². The van der Waals surface area contributed by atoms with Gasteiger partial charge in [0.25, 0.3) is 0 Å². The van der Waals surface area contributed by atoms with E-state index < -0.39 is 0 Å². The van der Waals surface area contributed by atoms with Crippen LogP contribution in [0, 0.1) is 0 Å². The molecule has 2 aliphatic rings. The number of hydrogen-bond acceptors (Lipinski definition) is 5. The fourth-order valence-electron chi connectivity index (χ4n) is 4.04. The molecular weight excluding hydrogens is 328 g/mol. The molecule has 1 aliphatic carbocycles. The van der Waals surface area contributed by atoms with Crippen molar-refractivity contribution in [3.8, 4) is 11.5 Å². The first kappa shape index (κ1) is 18.8. The van der Waals surface area contributed by atoms with Gasteiger partial charge in [-0.05, 0) is 25.0 Å². The van der Waals surface area contributed by atoms with Gasteiger partial charge in [-0.3, -0.25) is 9.69 Å². The normalized spacial score (nSPS) is 19.7. The molecule has 1 saturated heterocycles. The lowest BCUT2D eigenvalue weighted by Crippen LogP contribution is -2.49. The molecule has 5 heteroatoms. The van der Waals surface area contributed by atoms with Crippen LogP contribution in [0.3, 0.4) is 0 Å². The Balaban J connectivity index is 1.56. The maximum absolute atomic E-state index is 12.6. The highest BCUT2D eigenvalue weighted by Gasteiger charge is 2.24. The number of nitrogens with zero attached hydrogens (tertiary/aromatic N) is 2.